The summed E-state index contributed by atoms with van der Waals surface area (Å²) in [5.74, 6) is 0.0915. The average Bonchev–Trinajstić information content (AvgIpc) is 3.28. The van der Waals surface area contributed by atoms with Crippen molar-refractivity contribution >= 4 is 26.3 Å². The van der Waals surface area contributed by atoms with E-state index in [1.807, 2.05) is 6.92 Å². The smallest absolute Gasteiger partial charge is 0.378 e. The summed E-state index contributed by atoms with van der Waals surface area (Å²) in [5, 5.41) is 11.0. The zero-order valence-corrected chi connectivity index (χ0v) is 18.0. The molecule has 1 fully saturated rings. The Morgan fingerprint density at radius 1 is 1.32 bits per heavy atom. The predicted molar refractivity (Wildman–Crippen MR) is 109 cm³/mol. The molecule has 0 aromatic rings. The van der Waals surface area contributed by atoms with E-state index in [-0.39, 0.29) is 19.2 Å². The van der Waals surface area contributed by atoms with Crippen LogP contribution in [0.1, 0.15) is 13.3 Å². The number of phosphoric ester groups is 1. The summed E-state index contributed by atoms with van der Waals surface area (Å²) < 4.78 is 39.1. The van der Waals surface area contributed by atoms with Gasteiger partial charge in [-0.15, -0.1) is 0 Å². The van der Waals surface area contributed by atoms with Gasteiger partial charge >= 0.3 is 7.82 Å². The van der Waals surface area contributed by atoms with Crippen LogP contribution in [0.3, 0.4) is 0 Å². The van der Waals surface area contributed by atoms with Gasteiger partial charge in [-0.2, -0.15) is 0 Å². The molecule has 1 saturated heterocycles. The minimum atomic E-state index is -4.81. The molecule has 3 aliphatic heterocycles. The zero-order valence-electron chi connectivity index (χ0n) is 17.1. The van der Waals surface area contributed by atoms with Crippen molar-refractivity contribution in [3.8, 4) is 0 Å². The van der Waals surface area contributed by atoms with Gasteiger partial charge in [-0.25, -0.2) is 9.56 Å². The maximum absolute atomic E-state index is 11.6. The van der Waals surface area contributed by atoms with Crippen molar-refractivity contribution in [3.05, 3.63) is 0 Å². The van der Waals surface area contributed by atoms with Gasteiger partial charge in [-0.3, -0.25) is 14.9 Å². The molecular weight excluding hydrogens is 435 g/mol. The van der Waals surface area contributed by atoms with Crippen molar-refractivity contribution in [2.24, 2.45) is 15.7 Å². The van der Waals surface area contributed by atoms with E-state index < -0.39 is 44.6 Å². The topological polar surface area (TPSA) is 194 Å². The summed E-state index contributed by atoms with van der Waals surface area (Å²) in [7, 11) is -4.81. The Hall–Kier alpha value is -1.48. The summed E-state index contributed by atoms with van der Waals surface area (Å²) in [5.41, 5.74) is 5.35. The molecule has 0 radical (unpaired) electrons. The second-order valence-corrected chi connectivity index (χ2v) is 8.20. The third-order valence-electron chi connectivity index (χ3n) is 4.93. The van der Waals surface area contributed by atoms with Gasteiger partial charge in [0, 0.05) is 6.54 Å². The van der Waals surface area contributed by atoms with Gasteiger partial charge in [0.25, 0.3) is 0 Å². The van der Waals surface area contributed by atoms with Gasteiger partial charge < -0.3 is 44.7 Å². The van der Waals surface area contributed by atoms with Crippen LogP contribution in [-0.4, -0.2) is 103 Å². The maximum Gasteiger partial charge on any atom is 0.470 e. The Labute approximate surface area is 179 Å². The number of hydrogen-bond acceptors (Lipinski definition) is 11. The molecular formula is C16H29N6O8P. The Morgan fingerprint density at radius 2 is 2.10 bits per heavy atom. The van der Waals surface area contributed by atoms with Gasteiger partial charge in [0.05, 0.1) is 38.6 Å². The molecule has 3 unspecified atom stereocenters. The fraction of sp³-hybridized carbons (Fsp3) is 0.812. The lowest BCUT2D eigenvalue weighted by atomic mass is 10.1. The molecule has 3 aliphatic rings. The molecule has 6 N–H and O–H groups in total. The molecule has 3 heterocycles. The lowest BCUT2D eigenvalue weighted by molar-refractivity contribution is -0.150. The lowest BCUT2D eigenvalue weighted by Gasteiger charge is -2.35. The van der Waals surface area contributed by atoms with Gasteiger partial charge in [0.1, 0.15) is 31.2 Å². The molecule has 15 heteroatoms. The number of phosphoric acid groups is 1. The quantitative estimate of drug-likeness (QED) is 0.129. The standard InChI is InChI=1S/C16H29N6O8P/c1-2-10-12(30-31(23,24)25)13(28-9-27-6-5-26-4-3-17)16(29-10)22-8-21-11-14(18)19-7-20-15(11)22/h7-8,10-13,15-16H,2-6,9,17H2,1H3,(H2,18,19,20)(H2,23,24,25)/t10-,11?,12+,13?,15?,16-/m1/s1. The van der Waals surface area contributed by atoms with Crippen LogP contribution in [0.25, 0.3) is 0 Å². The highest BCUT2D eigenvalue weighted by molar-refractivity contribution is 7.46. The van der Waals surface area contributed by atoms with E-state index in [4.69, 9.17) is 34.6 Å². The monoisotopic (exact) mass is 464 g/mol. The second-order valence-electron chi connectivity index (χ2n) is 7.00. The summed E-state index contributed by atoms with van der Waals surface area (Å²) in [6.07, 6.45) is -0.470. The normalized spacial score (nSPS) is 32.5. The highest BCUT2D eigenvalue weighted by atomic mass is 31.2. The molecule has 0 bridgehead atoms. The summed E-state index contributed by atoms with van der Waals surface area (Å²) in [4.78, 5) is 28.7. The van der Waals surface area contributed by atoms with Crippen LogP contribution in [0.4, 0.5) is 0 Å². The molecule has 6 atom stereocenters. The zero-order chi connectivity index (χ0) is 22.4. The first kappa shape index (κ1) is 24.2. The Kier molecular flexibility index (Phi) is 8.50. The number of fused-ring (bicyclic) bond motifs is 1. The molecule has 0 aromatic heterocycles. The number of amidine groups is 1. The Bertz CT molecular complexity index is 720. The number of nitrogens with zero attached hydrogens (tertiary/aromatic N) is 3. The Balaban J connectivity index is 1.70. The van der Waals surface area contributed by atoms with Crippen LogP contribution in [0, 0.1) is 5.41 Å². The van der Waals surface area contributed by atoms with Crippen LogP contribution in [0.15, 0.2) is 9.98 Å². The van der Waals surface area contributed by atoms with Crippen LogP contribution in [0.2, 0.25) is 0 Å². The van der Waals surface area contributed by atoms with Gasteiger partial charge in [0.15, 0.2) is 12.1 Å². The van der Waals surface area contributed by atoms with Crippen LogP contribution >= 0.6 is 7.82 Å². The van der Waals surface area contributed by atoms with E-state index in [1.165, 1.54) is 12.7 Å². The minimum Gasteiger partial charge on any atom is -0.378 e. The molecule has 0 amide bonds. The van der Waals surface area contributed by atoms with Crippen LogP contribution in [0.5, 0.6) is 0 Å². The van der Waals surface area contributed by atoms with Crippen molar-refractivity contribution in [3.63, 3.8) is 0 Å². The fourth-order valence-corrected chi connectivity index (χ4v) is 4.15. The first-order chi connectivity index (χ1) is 14.9. The highest BCUT2D eigenvalue weighted by Gasteiger charge is 2.53. The van der Waals surface area contributed by atoms with Crippen molar-refractivity contribution in [2.75, 3.05) is 33.2 Å². The largest absolute Gasteiger partial charge is 0.470 e. The highest BCUT2D eigenvalue weighted by Crippen LogP contribution is 2.44. The second kappa shape index (κ2) is 10.9. The molecule has 0 spiro atoms. The number of rotatable bonds is 12. The number of nitrogens with one attached hydrogen (secondary N) is 2. The number of nitrogens with two attached hydrogens (primary N) is 1. The van der Waals surface area contributed by atoms with E-state index >= 15 is 0 Å². The summed E-state index contributed by atoms with van der Waals surface area (Å²) >= 11 is 0. The third-order valence-corrected chi connectivity index (χ3v) is 5.45. The first-order valence-electron chi connectivity index (χ1n) is 9.90. The molecule has 0 aliphatic carbocycles. The molecule has 0 aromatic carbocycles. The van der Waals surface area contributed by atoms with Gasteiger partial charge in [0.2, 0.25) is 0 Å². The fourth-order valence-electron chi connectivity index (χ4n) is 3.57. The van der Waals surface area contributed by atoms with Crippen LogP contribution in [-0.2, 0) is 28.0 Å². The van der Waals surface area contributed by atoms with Crippen molar-refractivity contribution in [1.29, 1.82) is 5.41 Å². The van der Waals surface area contributed by atoms with Crippen molar-refractivity contribution in [1.82, 2.24) is 10.2 Å². The van der Waals surface area contributed by atoms with E-state index in [1.54, 1.807) is 4.90 Å². The van der Waals surface area contributed by atoms with E-state index in [9.17, 15) is 14.4 Å². The molecule has 176 valence electrons. The van der Waals surface area contributed by atoms with E-state index in [0.717, 1.165) is 0 Å². The van der Waals surface area contributed by atoms with E-state index in [0.29, 0.717) is 26.2 Å². The predicted octanol–water partition coefficient (Wildman–Crippen LogP) is -1.42. The minimum absolute atomic E-state index is 0.0915. The third kappa shape index (κ3) is 6.06. The van der Waals surface area contributed by atoms with Crippen molar-refractivity contribution < 1.29 is 37.8 Å². The SMILES string of the molecule is CC[C@H]1O[C@@H](N2C=NC3C(=N)N=CNC32)C(OCOCCOCCN)[C@H]1OP(=O)(O)O. The molecule has 0 saturated carbocycles. The summed E-state index contributed by atoms with van der Waals surface area (Å²) in [6.45, 7) is 3.06. The van der Waals surface area contributed by atoms with Crippen molar-refractivity contribution in [2.45, 2.75) is 50.1 Å². The number of ether oxygens (including phenoxy) is 4. The summed E-state index contributed by atoms with van der Waals surface area (Å²) in [6, 6.07) is -0.535. The molecule has 14 nitrogen and oxygen atoms in total. The first-order valence-corrected chi connectivity index (χ1v) is 11.4. The number of hydrogen-bond donors (Lipinski definition) is 5. The Morgan fingerprint density at radius 3 is 2.81 bits per heavy atom. The van der Waals surface area contributed by atoms with Gasteiger partial charge in [-0.1, -0.05) is 6.92 Å². The molecule has 3 rings (SSSR count). The van der Waals surface area contributed by atoms with E-state index in [2.05, 4.69) is 15.3 Å². The average molecular weight is 464 g/mol. The maximum atomic E-state index is 11.6. The lowest BCUT2D eigenvalue weighted by Crippen LogP contribution is -2.58. The van der Waals surface area contributed by atoms with Crippen LogP contribution < -0.4 is 11.1 Å². The van der Waals surface area contributed by atoms with Gasteiger partial charge in [-0.05, 0) is 6.42 Å². The molecule has 31 heavy (non-hydrogen) atoms. The number of aliphatic imine (C=N–C) groups is 2.